The number of fused-ring (bicyclic) bond motifs is 1. The first-order valence-electron chi connectivity index (χ1n) is 9.04. The molecular weight excluding hydrogens is 593 g/mol. The lowest BCUT2D eigenvalue weighted by atomic mass is 9.84. The summed E-state index contributed by atoms with van der Waals surface area (Å²) in [4.78, 5) is 11.8. The molecule has 1 unspecified atom stereocenters. The topological polar surface area (TPSA) is 72.5 Å². The molecule has 0 saturated carbocycles. The Morgan fingerprint density at radius 2 is 2.03 bits per heavy atom. The van der Waals surface area contributed by atoms with E-state index in [1.165, 1.54) is 24.8 Å². The standard InChI is InChI=1S/C20H20BrClINO4S/c1-28-19(25)9-8-17-16-7-4-14(10-12(16)11-18(21)20(17)23)24-29(26,27)15-5-2-13(22)3-6-15/h2-3,5-6,11,14,24H,4,7-10H2,1H3. The van der Waals surface area contributed by atoms with Crippen LogP contribution in [0, 0.1) is 3.57 Å². The zero-order chi connectivity index (χ0) is 21.2. The van der Waals surface area contributed by atoms with Crippen LogP contribution >= 0.6 is 50.1 Å². The van der Waals surface area contributed by atoms with Crippen molar-refractivity contribution in [1.82, 2.24) is 4.72 Å². The highest BCUT2D eigenvalue weighted by Crippen LogP contribution is 2.34. The second-order valence-electron chi connectivity index (χ2n) is 6.88. The lowest BCUT2D eigenvalue weighted by molar-refractivity contribution is -0.140. The number of carbonyl (C=O) groups excluding carboxylic acids is 1. The Morgan fingerprint density at radius 1 is 1.34 bits per heavy atom. The molecule has 0 radical (unpaired) electrons. The van der Waals surface area contributed by atoms with E-state index in [9.17, 15) is 13.2 Å². The van der Waals surface area contributed by atoms with Crippen molar-refractivity contribution in [3.8, 4) is 0 Å². The zero-order valence-corrected chi connectivity index (χ0v) is 21.0. The number of rotatable bonds is 6. The Balaban J connectivity index is 1.81. The molecule has 0 amide bonds. The van der Waals surface area contributed by atoms with Crippen LogP contribution in [0.25, 0.3) is 0 Å². The molecule has 5 nitrogen and oxygen atoms in total. The quantitative estimate of drug-likeness (QED) is 0.381. The summed E-state index contributed by atoms with van der Waals surface area (Å²) < 4.78 is 35.0. The minimum absolute atomic E-state index is 0.191. The van der Waals surface area contributed by atoms with Crippen LogP contribution in [0.2, 0.25) is 5.02 Å². The first-order valence-corrected chi connectivity index (χ1v) is 12.8. The van der Waals surface area contributed by atoms with Gasteiger partial charge in [0.1, 0.15) is 0 Å². The van der Waals surface area contributed by atoms with Crippen molar-refractivity contribution in [1.29, 1.82) is 0 Å². The predicted octanol–water partition coefficient (Wildman–Crippen LogP) is 4.65. The van der Waals surface area contributed by atoms with E-state index in [4.69, 9.17) is 16.3 Å². The molecule has 1 atom stereocenters. The second kappa shape index (κ2) is 9.64. The molecule has 2 aromatic carbocycles. The fourth-order valence-corrected chi connectivity index (χ4v) is 6.21. The molecule has 0 aromatic heterocycles. The number of sulfonamides is 1. The highest BCUT2D eigenvalue weighted by atomic mass is 127. The first-order chi connectivity index (χ1) is 13.7. The molecule has 0 bridgehead atoms. The van der Waals surface area contributed by atoms with Crippen LogP contribution in [0.15, 0.2) is 39.7 Å². The van der Waals surface area contributed by atoms with Gasteiger partial charge in [-0.05, 0) is 111 Å². The van der Waals surface area contributed by atoms with Gasteiger partial charge in [-0.25, -0.2) is 13.1 Å². The Labute approximate surface area is 197 Å². The van der Waals surface area contributed by atoms with Crippen molar-refractivity contribution in [2.75, 3.05) is 7.11 Å². The molecule has 0 heterocycles. The van der Waals surface area contributed by atoms with Gasteiger partial charge in [-0.15, -0.1) is 0 Å². The van der Waals surface area contributed by atoms with E-state index >= 15 is 0 Å². The molecule has 1 N–H and O–H groups in total. The van der Waals surface area contributed by atoms with E-state index in [1.54, 1.807) is 12.1 Å². The number of benzene rings is 2. The monoisotopic (exact) mass is 611 g/mol. The van der Waals surface area contributed by atoms with Crippen LogP contribution < -0.4 is 4.72 Å². The summed E-state index contributed by atoms with van der Waals surface area (Å²) in [6, 6.07) is 8.01. The summed E-state index contributed by atoms with van der Waals surface area (Å²) >= 11 is 11.7. The highest BCUT2D eigenvalue weighted by Gasteiger charge is 2.27. The second-order valence-corrected chi connectivity index (χ2v) is 11.0. The molecule has 1 aliphatic carbocycles. The molecule has 2 aromatic rings. The van der Waals surface area contributed by atoms with Gasteiger partial charge in [-0.1, -0.05) is 11.6 Å². The minimum Gasteiger partial charge on any atom is -0.469 e. The Morgan fingerprint density at radius 3 is 2.69 bits per heavy atom. The Bertz CT molecular complexity index is 1030. The van der Waals surface area contributed by atoms with Gasteiger partial charge in [0, 0.05) is 25.5 Å². The molecule has 9 heteroatoms. The maximum absolute atomic E-state index is 12.7. The fourth-order valence-electron chi connectivity index (χ4n) is 3.55. The third-order valence-corrected chi connectivity index (χ3v) is 9.38. The number of halogens is 3. The number of carbonyl (C=O) groups is 1. The number of esters is 1. The number of ether oxygens (including phenoxy) is 1. The normalized spacial score (nSPS) is 16.3. The van der Waals surface area contributed by atoms with Gasteiger partial charge in [0.2, 0.25) is 10.0 Å². The smallest absolute Gasteiger partial charge is 0.305 e. The largest absolute Gasteiger partial charge is 0.469 e. The maximum Gasteiger partial charge on any atom is 0.305 e. The lowest BCUT2D eigenvalue weighted by Gasteiger charge is -2.28. The van der Waals surface area contributed by atoms with E-state index in [2.05, 4.69) is 49.3 Å². The fraction of sp³-hybridized carbons (Fsp3) is 0.350. The number of hydrogen-bond donors (Lipinski definition) is 1. The van der Waals surface area contributed by atoms with Crippen LogP contribution in [0.5, 0.6) is 0 Å². The molecule has 29 heavy (non-hydrogen) atoms. The summed E-state index contributed by atoms with van der Waals surface area (Å²) in [6.45, 7) is 0. The minimum atomic E-state index is -3.62. The van der Waals surface area contributed by atoms with Gasteiger partial charge in [0.15, 0.2) is 0 Å². The van der Waals surface area contributed by atoms with E-state index in [0.717, 1.165) is 25.6 Å². The van der Waals surface area contributed by atoms with Crippen molar-refractivity contribution in [2.45, 2.75) is 43.0 Å². The third kappa shape index (κ3) is 5.52. The Hall–Kier alpha value is -0.680. The van der Waals surface area contributed by atoms with Crippen LogP contribution in [0.4, 0.5) is 0 Å². The summed E-state index contributed by atoms with van der Waals surface area (Å²) in [6.07, 6.45) is 2.98. The molecule has 0 spiro atoms. The Kier molecular flexibility index (Phi) is 7.64. The predicted molar refractivity (Wildman–Crippen MR) is 125 cm³/mol. The van der Waals surface area contributed by atoms with Crippen molar-refractivity contribution in [2.24, 2.45) is 0 Å². The van der Waals surface area contributed by atoms with Crippen molar-refractivity contribution in [3.63, 3.8) is 0 Å². The van der Waals surface area contributed by atoms with Gasteiger partial charge >= 0.3 is 5.97 Å². The van der Waals surface area contributed by atoms with Crippen molar-refractivity contribution < 1.29 is 17.9 Å². The van der Waals surface area contributed by atoms with Crippen molar-refractivity contribution >= 4 is 66.1 Å². The van der Waals surface area contributed by atoms with Crippen LogP contribution in [0.3, 0.4) is 0 Å². The summed E-state index contributed by atoms with van der Waals surface area (Å²) in [5.41, 5.74) is 3.45. The molecule has 0 saturated heterocycles. The van der Waals surface area contributed by atoms with Gasteiger partial charge in [0.25, 0.3) is 0 Å². The molecular formula is C20H20BrClINO4S. The SMILES string of the molecule is COC(=O)CCc1c(I)c(Br)cc2c1CCC(NS(=O)(=O)c1ccc(Cl)cc1)C2. The summed E-state index contributed by atoms with van der Waals surface area (Å²) in [7, 11) is -2.23. The van der Waals surface area contributed by atoms with E-state index < -0.39 is 10.0 Å². The van der Waals surface area contributed by atoms with Crippen molar-refractivity contribution in [3.05, 3.63) is 60.1 Å². The van der Waals surface area contributed by atoms with E-state index in [-0.39, 0.29) is 16.9 Å². The number of hydrogen-bond acceptors (Lipinski definition) is 4. The zero-order valence-electron chi connectivity index (χ0n) is 15.7. The van der Waals surface area contributed by atoms with Gasteiger partial charge in [-0.2, -0.15) is 0 Å². The maximum atomic E-state index is 12.7. The number of nitrogens with one attached hydrogen (secondary N) is 1. The third-order valence-electron chi connectivity index (χ3n) is 4.99. The molecule has 0 fully saturated rings. The van der Waals surface area contributed by atoms with Gasteiger partial charge < -0.3 is 4.74 Å². The highest BCUT2D eigenvalue weighted by molar-refractivity contribution is 14.1. The summed E-state index contributed by atoms with van der Waals surface area (Å²) in [5.74, 6) is -0.237. The van der Waals surface area contributed by atoms with Crippen LogP contribution in [-0.2, 0) is 38.8 Å². The molecule has 0 aliphatic heterocycles. The first kappa shape index (κ1) is 23.0. The molecule has 3 rings (SSSR count). The van der Waals surface area contributed by atoms with Gasteiger partial charge in [-0.3, -0.25) is 4.79 Å². The van der Waals surface area contributed by atoms with E-state index in [0.29, 0.717) is 30.7 Å². The molecule has 1 aliphatic rings. The molecule has 156 valence electrons. The van der Waals surface area contributed by atoms with Crippen LogP contribution in [0.1, 0.15) is 29.5 Å². The lowest BCUT2D eigenvalue weighted by Crippen LogP contribution is -2.39. The van der Waals surface area contributed by atoms with Gasteiger partial charge in [0.05, 0.1) is 12.0 Å². The average Bonchev–Trinajstić information content (AvgIpc) is 2.68. The van der Waals surface area contributed by atoms with Crippen LogP contribution in [-0.4, -0.2) is 27.5 Å². The number of methoxy groups -OCH3 is 1. The van der Waals surface area contributed by atoms with E-state index in [1.807, 2.05) is 0 Å². The average molecular weight is 613 g/mol. The summed E-state index contributed by atoms with van der Waals surface area (Å²) in [5, 5.41) is 0.495.